The van der Waals surface area contributed by atoms with Crippen molar-refractivity contribution in [3.63, 3.8) is 0 Å². The highest BCUT2D eigenvalue weighted by Crippen LogP contribution is 2.24. The molecule has 1 heterocycles. The quantitative estimate of drug-likeness (QED) is 0.480. The highest BCUT2D eigenvalue weighted by atomic mass is 16.6. The molecule has 0 radical (unpaired) electrons. The summed E-state index contributed by atoms with van der Waals surface area (Å²) in [6.45, 7) is 2.12. The van der Waals surface area contributed by atoms with Crippen LogP contribution in [-0.4, -0.2) is 11.7 Å². The predicted molar refractivity (Wildman–Crippen MR) is 99.5 cm³/mol. The van der Waals surface area contributed by atoms with Crippen LogP contribution in [0.15, 0.2) is 65.3 Å². The highest BCUT2D eigenvalue weighted by Gasteiger charge is 2.38. The summed E-state index contributed by atoms with van der Waals surface area (Å²) in [4.78, 5) is 12.7. The Balaban J connectivity index is 1.72. The van der Waals surface area contributed by atoms with Gasteiger partial charge in [0.25, 0.3) is 5.72 Å². The van der Waals surface area contributed by atoms with E-state index in [1.807, 2.05) is 49.4 Å². The van der Waals surface area contributed by atoms with Crippen molar-refractivity contribution < 1.29 is 18.7 Å². The van der Waals surface area contributed by atoms with Crippen molar-refractivity contribution in [1.29, 1.82) is 0 Å². The molecule has 1 atom stereocenters. The third-order valence-electron chi connectivity index (χ3n) is 4.21. The maximum Gasteiger partial charge on any atom is 0.366 e. The lowest BCUT2D eigenvalue weighted by Gasteiger charge is -2.28. The Morgan fingerprint density at radius 2 is 1.85 bits per heavy atom. The van der Waals surface area contributed by atoms with Crippen LogP contribution in [0.4, 0.5) is 0 Å². The third kappa shape index (κ3) is 4.06. The molecule has 0 aliphatic carbocycles. The molecule has 0 aliphatic heterocycles. The van der Waals surface area contributed by atoms with E-state index in [-0.39, 0.29) is 6.61 Å². The van der Waals surface area contributed by atoms with Gasteiger partial charge in [0.1, 0.15) is 17.9 Å². The van der Waals surface area contributed by atoms with Crippen LogP contribution in [-0.2, 0) is 16.1 Å². The van der Waals surface area contributed by atoms with E-state index in [1.54, 1.807) is 18.4 Å². The second kappa shape index (κ2) is 8.06. The molecule has 0 amide bonds. The second-order valence-electron chi connectivity index (χ2n) is 6.24. The van der Waals surface area contributed by atoms with Gasteiger partial charge in [-0.3, -0.25) is 5.73 Å². The maximum atomic E-state index is 12.7. The first-order chi connectivity index (χ1) is 12.6. The van der Waals surface area contributed by atoms with Crippen molar-refractivity contribution in [2.24, 2.45) is 5.73 Å². The number of carbonyl (C=O) groups excluding carboxylic acids is 1. The Hall–Kier alpha value is -2.79. The lowest BCUT2D eigenvalue weighted by atomic mass is 10.1. The molecule has 5 nitrogen and oxygen atoms in total. The zero-order valence-corrected chi connectivity index (χ0v) is 14.8. The average molecular weight is 353 g/mol. The lowest BCUT2D eigenvalue weighted by molar-refractivity contribution is -0.164. The molecule has 26 heavy (non-hydrogen) atoms. The number of unbranched alkanes of at least 4 members (excludes halogenated alkanes) is 1. The molecule has 1 aromatic heterocycles. The Labute approximate surface area is 152 Å². The molecule has 0 fully saturated rings. The van der Waals surface area contributed by atoms with Crippen LogP contribution in [0.1, 0.15) is 31.7 Å². The van der Waals surface area contributed by atoms with Gasteiger partial charge in [0.2, 0.25) is 0 Å². The number of para-hydroxylation sites is 2. The smallest absolute Gasteiger partial charge is 0.366 e. The van der Waals surface area contributed by atoms with Crippen LogP contribution in [0.2, 0.25) is 0 Å². The first kappa shape index (κ1) is 18.0. The monoisotopic (exact) mass is 353 g/mol. The van der Waals surface area contributed by atoms with Gasteiger partial charge in [-0.1, -0.05) is 49.7 Å². The van der Waals surface area contributed by atoms with Crippen LogP contribution >= 0.6 is 0 Å². The van der Waals surface area contributed by atoms with E-state index in [9.17, 15) is 4.79 Å². The number of fused-ring (bicyclic) bond motifs is 1. The number of carbonyl (C=O) groups is 1. The summed E-state index contributed by atoms with van der Waals surface area (Å²) in [6.07, 6.45) is 3.63. The van der Waals surface area contributed by atoms with Crippen LogP contribution in [0, 0.1) is 0 Å². The zero-order valence-electron chi connectivity index (χ0n) is 14.8. The fourth-order valence-electron chi connectivity index (χ4n) is 2.74. The first-order valence-electron chi connectivity index (χ1n) is 8.77. The fraction of sp³-hybridized carbons (Fsp3) is 0.286. The molecule has 2 aromatic carbocycles. The van der Waals surface area contributed by atoms with Gasteiger partial charge in [0, 0.05) is 17.4 Å². The van der Waals surface area contributed by atoms with E-state index in [1.165, 1.54) is 0 Å². The van der Waals surface area contributed by atoms with Gasteiger partial charge in [-0.15, -0.1) is 0 Å². The summed E-state index contributed by atoms with van der Waals surface area (Å²) in [7, 11) is 0. The maximum absolute atomic E-state index is 12.7. The SMILES string of the molecule is CCCCC(N)(Oc1ccccc1)C(=O)OCc1coc2ccccc12. The van der Waals surface area contributed by atoms with Crippen LogP contribution < -0.4 is 10.5 Å². The second-order valence-corrected chi connectivity index (χ2v) is 6.24. The minimum atomic E-state index is -1.52. The van der Waals surface area contributed by atoms with E-state index >= 15 is 0 Å². The van der Waals surface area contributed by atoms with Crippen molar-refractivity contribution in [1.82, 2.24) is 0 Å². The molecule has 136 valence electrons. The topological polar surface area (TPSA) is 74.7 Å². The molecule has 3 rings (SSSR count). The number of hydrogen-bond acceptors (Lipinski definition) is 5. The predicted octanol–water partition coefficient (Wildman–Crippen LogP) is 4.40. The van der Waals surface area contributed by atoms with Crippen LogP contribution in [0.3, 0.4) is 0 Å². The minimum Gasteiger partial charge on any atom is -0.464 e. The van der Waals surface area contributed by atoms with Crippen LogP contribution in [0.25, 0.3) is 11.0 Å². The number of ether oxygens (including phenoxy) is 2. The van der Waals surface area contributed by atoms with Gasteiger partial charge in [-0.2, -0.15) is 0 Å². The normalized spacial score (nSPS) is 13.3. The summed E-state index contributed by atoms with van der Waals surface area (Å²) >= 11 is 0. The molecule has 0 aliphatic rings. The van der Waals surface area contributed by atoms with Gasteiger partial charge in [0.15, 0.2) is 0 Å². The summed E-state index contributed by atoms with van der Waals surface area (Å²) in [5, 5.41) is 0.917. The number of esters is 1. The van der Waals surface area contributed by atoms with E-state index in [4.69, 9.17) is 19.6 Å². The molecular weight excluding hydrogens is 330 g/mol. The third-order valence-corrected chi connectivity index (χ3v) is 4.21. The average Bonchev–Trinajstić information content (AvgIpc) is 3.08. The van der Waals surface area contributed by atoms with Crippen molar-refractivity contribution >= 4 is 16.9 Å². The molecule has 0 bridgehead atoms. The van der Waals surface area contributed by atoms with Gasteiger partial charge in [-0.05, 0) is 24.6 Å². The molecule has 0 saturated heterocycles. The van der Waals surface area contributed by atoms with E-state index in [0.717, 1.165) is 29.4 Å². The van der Waals surface area contributed by atoms with Gasteiger partial charge < -0.3 is 13.9 Å². The Morgan fingerprint density at radius 3 is 2.62 bits per heavy atom. The standard InChI is InChI=1S/C21H23NO4/c1-2-3-13-21(22,26-17-9-5-4-6-10-17)20(23)25-15-16-14-24-19-12-8-7-11-18(16)19/h4-12,14H,2-3,13,15,22H2,1H3. The molecule has 0 spiro atoms. The number of furan rings is 1. The lowest BCUT2D eigenvalue weighted by Crippen LogP contribution is -2.54. The Kier molecular flexibility index (Phi) is 5.58. The Morgan fingerprint density at radius 1 is 1.12 bits per heavy atom. The fourth-order valence-corrected chi connectivity index (χ4v) is 2.74. The summed E-state index contributed by atoms with van der Waals surface area (Å²) in [5.74, 6) is -0.0445. The van der Waals surface area contributed by atoms with Gasteiger partial charge in [0.05, 0.1) is 6.26 Å². The summed E-state index contributed by atoms with van der Waals surface area (Å²) in [6, 6.07) is 16.7. The van der Waals surface area contributed by atoms with Gasteiger partial charge >= 0.3 is 5.97 Å². The molecular formula is C21H23NO4. The summed E-state index contributed by atoms with van der Waals surface area (Å²) < 4.78 is 16.8. The van der Waals surface area contributed by atoms with Gasteiger partial charge in [-0.25, -0.2) is 4.79 Å². The van der Waals surface area contributed by atoms with Crippen molar-refractivity contribution in [3.8, 4) is 5.75 Å². The number of rotatable bonds is 8. The first-order valence-corrected chi connectivity index (χ1v) is 8.77. The largest absolute Gasteiger partial charge is 0.464 e. The molecule has 3 aromatic rings. The number of benzene rings is 2. The Bertz CT molecular complexity index is 859. The zero-order chi connectivity index (χ0) is 18.4. The summed E-state index contributed by atoms with van der Waals surface area (Å²) in [5.41, 5.74) is 6.33. The van der Waals surface area contributed by atoms with E-state index in [0.29, 0.717) is 12.2 Å². The van der Waals surface area contributed by atoms with Crippen molar-refractivity contribution in [2.45, 2.75) is 38.5 Å². The van der Waals surface area contributed by atoms with E-state index in [2.05, 4.69) is 0 Å². The van der Waals surface area contributed by atoms with E-state index < -0.39 is 11.7 Å². The molecule has 0 saturated carbocycles. The van der Waals surface area contributed by atoms with Crippen molar-refractivity contribution in [3.05, 3.63) is 66.4 Å². The highest BCUT2D eigenvalue weighted by molar-refractivity contribution is 5.82. The minimum absolute atomic E-state index is 0.0824. The van der Waals surface area contributed by atoms with Crippen LogP contribution in [0.5, 0.6) is 5.75 Å². The molecule has 5 heteroatoms. The number of nitrogens with two attached hydrogens (primary N) is 1. The van der Waals surface area contributed by atoms with Crippen molar-refractivity contribution in [2.75, 3.05) is 0 Å². The molecule has 2 N–H and O–H groups in total. The molecule has 1 unspecified atom stereocenters. The number of hydrogen-bond donors (Lipinski definition) is 1.